The van der Waals surface area contributed by atoms with Crippen LogP contribution in [0, 0.1) is 59.3 Å². The largest absolute Gasteiger partial charge is 1.00 e. The zero-order valence-corrected chi connectivity index (χ0v) is 61.4. The maximum Gasteiger partial charge on any atom is 1.00 e. The monoisotopic (exact) mass is 1380 g/mol. The van der Waals surface area contributed by atoms with E-state index in [0.29, 0.717) is 73.3 Å². The second-order valence-electron chi connectivity index (χ2n) is 30.4. The summed E-state index contributed by atoms with van der Waals surface area (Å²) in [6, 6.07) is 19.7. The van der Waals surface area contributed by atoms with E-state index in [1.165, 1.54) is 91.5 Å². The SMILES string of the molecule is CCOC(=O)c1nn(CCN2CCN(c3cccc(C)c3C)CC2)c2c1[C@@H]1C[C@@H]1C2.Cc1cccc(N2CCN(CCn3nc(C(=O)N4CCC(O)CC4)c4c3C[C@H]3C[C@@H]43)CC2)c1C.Cc1cccc(N2CCN(CCn3nc(C(=O)O)c4c3C[C@H]3C[C@@H]43)CC2)c1C.OC1CCNCC1.[Li+].[OH-]. The van der Waals surface area contributed by atoms with Crippen LogP contribution in [-0.2, 0) is 43.6 Å². The number of aliphatic hydroxyl groups excluding tert-OH is 2. The molecule has 0 radical (unpaired) electrons. The van der Waals surface area contributed by atoms with Crippen LogP contribution in [0.25, 0.3) is 0 Å². The average Bonchev–Trinajstić information content (AvgIpc) is 1.58. The number of fused-ring (bicyclic) bond motifs is 9. The van der Waals surface area contributed by atoms with Gasteiger partial charge >= 0.3 is 30.8 Å². The first-order valence-corrected chi connectivity index (χ1v) is 37.6. The van der Waals surface area contributed by atoms with Gasteiger partial charge in [-0.1, -0.05) is 36.4 Å². The van der Waals surface area contributed by atoms with Gasteiger partial charge in [-0.2, -0.15) is 15.3 Å². The fourth-order valence-electron chi connectivity index (χ4n) is 17.4. The number of aliphatic hydroxyl groups is 2. The zero-order valence-electron chi connectivity index (χ0n) is 61.4. The molecule has 8 fully saturated rings. The molecule has 6 aliphatic carbocycles. The summed E-state index contributed by atoms with van der Waals surface area (Å²) < 4.78 is 11.5. The minimum atomic E-state index is -0.871. The second-order valence-corrected chi connectivity index (χ2v) is 30.4. The molecule has 8 heterocycles. The number of carboxylic acid groups (broad SMARTS) is 1. The Labute approximate surface area is 609 Å². The van der Waals surface area contributed by atoms with Crippen molar-refractivity contribution in [3.63, 3.8) is 0 Å². The van der Waals surface area contributed by atoms with Gasteiger partial charge in [-0.25, -0.2) is 9.59 Å². The number of amides is 1. The molecule has 1 amide bonds. The molecule has 540 valence electrons. The summed E-state index contributed by atoms with van der Waals surface area (Å²) in [5, 5.41) is 45.4. The van der Waals surface area contributed by atoms with E-state index < -0.39 is 5.97 Å². The van der Waals surface area contributed by atoms with E-state index in [0.717, 1.165) is 187 Å². The van der Waals surface area contributed by atoms with Gasteiger partial charge < -0.3 is 50.4 Å². The van der Waals surface area contributed by atoms with Crippen LogP contribution >= 0.6 is 0 Å². The number of carbonyl (C=O) groups is 3. The summed E-state index contributed by atoms with van der Waals surface area (Å²) >= 11 is 0. The van der Waals surface area contributed by atoms with Gasteiger partial charge in [0.1, 0.15) is 0 Å². The number of benzene rings is 3. The van der Waals surface area contributed by atoms with Crippen molar-refractivity contribution < 1.29 is 58.8 Å². The first-order chi connectivity index (χ1) is 48.0. The molecule has 6 aromatic rings. The third kappa shape index (κ3) is 16.2. The Balaban J connectivity index is 0.000000136. The molecule has 6 atom stereocenters. The number of nitrogens with zero attached hydrogens (tertiary/aromatic N) is 13. The number of anilines is 3. The number of aryl methyl sites for hydroxylation is 3. The molecule has 0 unspecified atom stereocenters. The molecule has 11 aliphatic rings. The first kappa shape index (κ1) is 74.1. The predicted octanol–water partition coefficient (Wildman–Crippen LogP) is 4.97. The summed E-state index contributed by atoms with van der Waals surface area (Å²) in [6.45, 7) is 36.7. The van der Waals surface area contributed by atoms with E-state index in [4.69, 9.17) is 20.0 Å². The molecule has 101 heavy (non-hydrogen) atoms. The van der Waals surface area contributed by atoms with Crippen LogP contribution in [0.15, 0.2) is 54.6 Å². The van der Waals surface area contributed by atoms with Crippen LogP contribution in [-0.4, -0.2) is 231 Å². The van der Waals surface area contributed by atoms with Crippen molar-refractivity contribution in [1.29, 1.82) is 0 Å². The van der Waals surface area contributed by atoms with Crippen molar-refractivity contribution in [2.24, 2.45) is 17.8 Å². The molecule has 22 nitrogen and oxygen atoms in total. The number of carbonyl (C=O) groups excluding carboxylic acids is 2. The van der Waals surface area contributed by atoms with Gasteiger partial charge in [-0.15, -0.1) is 0 Å². The molecular formula is C78H109LiN14O8. The summed E-state index contributed by atoms with van der Waals surface area (Å²) in [7, 11) is 0. The van der Waals surface area contributed by atoms with Gasteiger partial charge in [0, 0.05) is 162 Å². The van der Waals surface area contributed by atoms with E-state index in [1.54, 1.807) is 0 Å². The molecule has 23 heteroatoms. The molecule has 3 aromatic carbocycles. The summed E-state index contributed by atoms with van der Waals surface area (Å²) in [4.78, 5) is 54.3. The number of piperidine rings is 2. The van der Waals surface area contributed by atoms with Crippen LogP contribution in [0.1, 0.15) is 168 Å². The smallest absolute Gasteiger partial charge is 0.870 e. The van der Waals surface area contributed by atoms with Gasteiger partial charge in [-0.3, -0.25) is 33.5 Å². The standard InChI is InChI=1S/C27H37N5O2.C24H32N4O2.C22H28N4O2.C5H11NO.Li.H2O/c1-18-4-3-5-23(19(18)2)30-13-10-29(11-14-30)12-15-32-24-17-20-16-22(20)25(24)26(28-32)27(34)31-8-6-21(33)7-9-31;1-4-30-24(29)23-22-19-14-18(19)15-21(22)28(25-23)13-10-26-8-11-27(12-9-26)20-7-5-6-16(2)17(20)3;1-14-4-3-5-18(15(14)2)25-9-6-24(7-10-25)8-11-26-19-13-16-12-17(16)20(19)21(23-26)22(27)28;7-5-1-3-6-4-2-5;;/h3-5,20-22,33H,6-17H2,1-2H3;5-7,18-19H,4,8-15H2,1-3H3;3-5,16-17H,6-13H2,1-2H3,(H,27,28);5-7H,1-4H2;;1H2/q;;;;+1;/p-1/t20-,22-;18-,19-;16-,17-;;;/m111.../s1. The molecule has 5 aliphatic heterocycles. The molecule has 0 spiro atoms. The minimum absolute atomic E-state index is 0. The van der Waals surface area contributed by atoms with Crippen molar-refractivity contribution in [3.05, 3.63) is 139 Å². The third-order valence-corrected chi connectivity index (χ3v) is 24.2. The summed E-state index contributed by atoms with van der Waals surface area (Å²) in [5.74, 6) is 2.68. The number of carboxylic acids is 1. The number of ether oxygens (including phenoxy) is 1. The van der Waals surface area contributed by atoms with Gasteiger partial charge in [0.15, 0.2) is 17.1 Å². The van der Waals surface area contributed by atoms with Gasteiger partial charge in [0.05, 0.1) is 38.4 Å². The minimum Gasteiger partial charge on any atom is -0.870 e. The second kappa shape index (κ2) is 32.2. The fourth-order valence-corrected chi connectivity index (χ4v) is 17.4. The molecule has 3 saturated carbocycles. The number of hydrogen-bond acceptors (Lipinski definition) is 17. The van der Waals surface area contributed by atoms with Crippen molar-refractivity contribution in [3.8, 4) is 0 Å². The number of likely N-dealkylation sites (tertiary alicyclic amines) is 1. The third-order valence-electron chi connectivity index (χ3n) is 24.2. The number of aromatic nitrogens is 6. The average molecular weight is 1380 g/mol. The number of aromatic carboxylic acids is 1. The van der Waals surface area contributed by atoms with Crippen LogP contribution in [0.2, 0.25) is 0 Å². The molecule has 17 rings (SSSR count). The number of nitrogens with one attached hydrogen (secondary N) is 1. The topological polar surface area (TPSA) is 239 Å². The van der Waals surface area contributed by atoms with Crippen LogP contribution in [0.3, 0.4) is 0 Å². The Bertz CT molecular complexity index is 3890. The molecular weight excluding hydrogens is 1270 g/mol. The Hall–Kier alpha value is -6.58. The number of esters is 1. The van der Waals surface area contributed by atoms with E-state index >= 15 is 0 Å². The fraction of sp³-hybridized carbons (Fsp3) is 0.615. The van der Waals surface area contributed by atoms with Crippen LogP contribution in [0.5, 0.6) is 0 Å². The number of piperazine rings is 3. The van der Waals surface area contributed by atoms with E-state index in [-0.39, 0.29) is 48.4 Å². The van der Waals surface area contributed by atoms with Crippen molar-refractivity contribution in [1.82, 2.24) is 54.3 Å². The molecule has 5 N–H and O–H groups in total. The maximum absolute atomic E-state index is 13.3. The Kier molecular flexibility index (Phi) is 23.6. The maximum atomic E-state index is 13.3. The number of rotatable bonds is 16. The normalized spacial score (nSPS) is 23.4. The van der Waals surface area contributed by atoms with Crippen LogP contribution in [0.4, 0.5) is 17.1 Å². The van der Waals surface area contributed by atoms with E-state index in [1.807, 2.05) is 16.5 Å². The van der Waals surface area contributed by atoms with Gasteiger partial charge in [0.2, 0.25) is 0 Å². The number of hydrogen-bond donors (Lipinski definition) is 4. The summed E-state index contributed by atoms with van der Waals surface area (Å²) in [6.07, 6.45) is 9.68. The van der Waals surface area contributed by atoms with Crippen molar-refractivity contribution in [2.75, 3.05) is 146 Å². The quantitative estimate of drug-likeness (QED) is 0.0739. The Morgan fingerprint density at radius 1 is 0.475 bits per heavy atom. The van der Waals surface area contributed by atoms with Crippen molar-refractivity contribution >= 4 is 34.9 Å². The molecule has 3 aromatic heterocycles. The van der Waals surface area contributed by atoms with E-state index in [2.05, 4.69) is 145 Å². The van der Waals surface area contributed by atoms with Crippen molar-refractivity contribution in [2.45, 2.75) is 162 Å². The zero-order chi connectivity index (χ0) is 68.8. The molecule has 0 bridgehead atoms. The Morgan fingerprint density at radius 3 is 1.18 bits per heavy atom. The van der Waals surface area contributed by atoms with E-state index in [9.17, 15) is 24.6 Å². The van der Waals surface area contributed by atoms with Gasteiger partial charge in [-0.05, 0) is 213 Å². The van der Waals surface area contributed by atoms with Crippen LogP contribution < -0.4 is 38.9 Å². The summed E-state index contributed by atoms with van der Waals surface area (Å²) in [5.41, 5.74) is 21.2. The molecule has 5 saturated heterocycles. The van der Waals surface area contributed by atoms with Gasteiger partial charge in [0.25, 0.3) is 5.91 Å². The predicted molar refractivity (Wildman–Crippen MR) is 388 cm³/mol. The Morgan fingerprint density at radius 2 is 0.822 bits per heavy atom. The first-order valence-electron chi connectivity index (χ1n) is 37.6.